The predicted molar refractivity (Wildman–Crippen MR) is 125 cm³/mol. The molecule has 174 valence electrons. The average molecular weight is 467 g/mol. The van der Waals surface area contributed by atoms with E-state index >= 15 is 0 Å². The lowest BCUT2D eigenvalue weighted by molar-refractivity contribution is 0.231. The van der Waals surface area contributed by atoms with E-state index < -0.39 is 10.0 Å². The van der Waals surface area contributed by atoms with Crippen molar-refractivity contribution >= 4 is 10.0 Å². The number of rotatable bonds is 8. The molecular weight excluding hydrogens is 436 g/mol. The summed E-state index contributed by atoms with van der Waals surface area (Å²) in [4.78, 5) is 0.441. The number of hydrogen-bond acceptors (Lipinski definition) is 5. The molecule has 1 atom stereocenters. The van der Waals surface area contributed by atoms with Gasteiger partial charge in [0, 0.05) is 19.1 Å². The van der Waals surface area contributed by atoms with E-state index in [2.05, 4.69) is 10.3 Å². The molecule has 2 heterocycles. The first-order valence-electron chi connectivity index (χ1n) is 11.8. The molecule has 8 heteroatoms. The summed E-state index contributed by atoms with van der Waals surface area (Å²) in [6, 6.07) is 15.3. The van der Waals surface area contributed by atoms with Crippen LogP contribution in [0.2, 0.25) is 0 Å². The van der Waals surface area contributed by atoms with Crippen LogP contribution in [0.25, 0.3) is 0 Å². The quantitative estimate of drug-likeness (QED) is 0.502. The largest absolute Gasteiger partial charge is 0.487 e. The van der Waals surface area contributed by atoms with Crippen molar-refractivity contribution in [3.05, 3.63) is 71.5 Å². The first kappa shape index (κ1) is 22.1. The molecule has 0 N–H and O–H groups in total. The van der Waals surface area contributed by atoms with E-state index in [9.17, 15) is 8.42 Å². The van der Waals surface area contributed by atoms with Crippen LogP contribution in [0.15, 0.2) is 59.6 Å². The van der Waals surface area contributed by atoms with E-state index in [4.69, 9.17) is 4.74 Å². The highest BCUT2D eigenvalue weighted by Gasteiger charge is 2.33. The highest BCUT2D eigenvalue weighted by molar-refractivity contribution is 7.89. The fourth-order valence-corrected chi connectivity index (χ4v) is 6.67. The number of fused-ring (bicyclic) bond motifs is 1. The van der Waals surface area contributed by atoms with Crippen molar-refractivity contribution in [2.45, 2.75) is 69.0 Å². The lowest BCUT2D eigenvalue weighted by atomic mass is 10.0. The Bertz CT molecular complexity index is 1190. The van der Waals surface area contributed by atoms with E-state index in [0.29, 0.717) is 31.0 Å². The Morgan fingerprint density at radius 1 is 1.00 bits per heavy atom. The van der Waals surface area contributed by atoms with Gasteiger partial charge in [0.2, 0.25) is 10.0 Å². The Labute approximate surface area is 195 Å². The normalized spacial score (nSPS) is 18.8. The topological polar surface area (TPSA) is 77.3 Å². The minimum absolute atomic E-state index is 0.0229. The van der Waals surface area contributed by atoms with Gasteiger partial charge in [0.15, 0.2) is 0 Å². The van der Waals surface area contributed by atoms with Gasteiger partial charge in [0.25, 0.3) is 0 Å². The fourth-order valence-electron chi connectivity index (χ4n) is 4.89. The predicted octanol–water partition coefficient (Wildman–Crippen LogP) is 3.98. The van der Waals surface area contributed by atoms with Gasteiger partial charge in [-0.15, -0.1) is 5.10 Å². The fraction of sp³-hybridized carbons (Fsp3) is 0.440. The van der Waals surface area contributed by atoms with Gasteiger partial charge in [-0.3, -0.25) is 4.68 Å². The molecule has 1 aromatic heterocycles. The van der Waals surface area contributed by atoms with Gasteiger partial charge in [0.1, 0.15) is 18.1 Å². The molecule has 0 bridgehead atoms. The zero-order valence-electron chi connectivity index (χ0n) is 18.8. The number of aromatic nitrogens is 3. The maximum atomic E-state index is 13.5. The third-order valence-electron chi connectivity index (χ3n) is 6.66. The zero-order valence-corrected chi connectivity index (χ0v) is 19.6. The third-order valence-corrected chi connectivity index (χ3v) is 8.60. The van der Waals surface area contributed by atoms with Crippen molar-refractivity contribution in [1.82, 2.24) is 19.3 Å². The summed E-state index contributed by atoms with van der Waals surface area (Å²) in [6.07, 6.45) is 8.57. The summed E-state index contributed by atoms with van der Waals surface area (Å²) >= 11 is 0. The van der Waals surface area contributed by atoms with E-state index in [1.807, 2.05) is 48.7 Å². The summed E-state index contributed by atoms with van der Waals surface area (Å²) in [5.74, 6) is 0.793. The molecule has 3 aromatic rings. The average Bonchev–Trinajstić information content (AvgIpc) is 3.51. The first-order valence-corrected chi connectivity index (χ1v) is 13.2. The van der Waals surface area contributed by atoms with Crippen molar-refractivity contribution in [2.24, 2.45) is 0 Å². The van der Waals surface area contributed by atoms with Crippen LogP contribution >= 0.6 is 0 Å². The van der Waals surface area contributed by atoms with E-state index in [-0.39, 0.29) is 6.04 Å². The molecule has 1 aliphatic carbocycles. The number of sulfonamides is 1. The van der Waals surface area contributed by atoms with Crippen LogP contribution in [0, 0.1) is 0 Å². The lowest BCUT2D eigenvalue weighted by Crippen LogP contribution is -2.44. The molecule has 1 saturated heterocycles. The number of ether oxygens (including phenoxy) is 1. The van der Waals surface area contributed by atoms with Gasteiger partial charge in [0.05, 0.1) is 11.1 Å². The maximum absolute atomic E-state index is 13.5. The van der Waals surface area contributed by atoms with Crippen molar-refractivity contribution in [3.63, 3.8) is 0 Å². The Kier molecular flexibility index (Phi) is 6.46. The van der Waals surface area contributed by atoms with Crippen LogP contribution in [-0.4, -0.2) is 40.3 Å². The Hall–Kier alpha value is -2.71. The van der Waals surface area contributed by atoms with Crippen molar-refractivity contribution in [3.8, 4) is 5.75 Å². The molecule has 2 aromatic carbocycles. The summed E-state index contributed by atoms with van der Waals surface area (Å²) in [7, 11) is -3.50. The molecule has 7 nitrogen and oxygen atoms in total. The van der Waals surface area contributed by atoms with Gasteiger partial charge < -0.3 is 4.74 Å². The number of aryl methyl sites for hydroxylation is 3. The van der Waals surface area contributed by atoms with Crippen molar-refractivity contribution < 1.29 is 13.2 Å². The maximum Gasteiger partial charge on any atom is 0.243 e. The number of benzene rings is 2. The molecular formula is C25H30N4O3S. The van der Waals surface area contributed by atoms with Crippen LogP contribution in [0.3, 0.4) is 0 Å². The van der Waals surface area contributed by atoms with E-state index in [1.165, 1.54) is 11.1 Å². The molecule has 1 aliphatic heterocycles. The third kappa shape index (κ3) is 4.96. The SMILES string of the molecule is O=S(=O)(c1ccc2c(c1)CCC2)N1CCCCC1CCn1cc(COc2ccccc2)nn1. The highest BCUT2D eigenvalue weighted by atomic mass is 32.2. The van der Waals surface area contributed by atoms with Crippen LogP contribution < -0.4 is 4.74 Å². The molecule has 0 amide bonds. The second kappa shape index (κ2) is 9.65. The number of para-hydroxylation sites is 1. The monoisotopic (exact) mass is 466 g/mol. The standard InChI is InChI=1S/C25H30N4O3S/c30-33(31,25-13-12-20-7-6-8-21(20)17-25)29-15-5-4-9-23(29)14-16-28-18-22(26-27-28)19-32-24-10-2-1-3-11-24/h1-3,10-13,17-18,23H,4-9,14-16,19H2. The van der Waals surface area contributed by atoms with Crippen LogP contribution in [-0.2, 0) is 36.0 Å². The summed E-state index contributed by atoms with van der Waals surface area (Å²) in [5, 5.41) is 8.42. The van der Waals surface area contributed by atoms with E-state index in [0.717, 1.165) is 50.0 Å². The van der Waals surface area contributed by atoms with Gasteiger partial charge >= 0.3 is 0 Å². The Morgan fingerprint density at radius 2 is 1.85 bits per heavy atom. The second-order valence-corrected chi connectivity index (χ2v) is 10.8. The molecule has 0 spiro atoms. The molecule has 2 aliphatic rings. The van der Waals surface area contributed by atoms with Gasteiger partial charge in [-0.25, -0.2) is 8.42 Å². The van der Waals surface area contributed by atoms with Crippen LogP contribution in [0.5, 0.6) is 5.75 Å². The van der Waals surface area contributed by atoms with Crippen molar-refractivity contribution in [2.75, 3.05) is 6.54 Å². The van der Waals surface area contributed by atoms with Gasteiger partial charge in [-0.2, -0.15) is 4.31 Å². The van der Waals surface area contributed by atoms with Crippen molar-refractivity contribution in [1.29, 1.82) is 0 Å². The number of piperidine rings is 1. The van der Waals surface area contributed by atoms with Crippen LogP contribution in [0.4, 0.5) is 0 Å². The summed E-state index contributed by atoms with van der Waals surface area (Å²) in [6.45, 7) is 1.56. The molecule has 1 fully saturated rings. The molecule has 0 radical (unpaired) electrons. The summed E-state index contributed by atoms with van der Waals surface area (Å²) in [5.41, 5.74) is 3.24. The molecule has 33 heavy (non-hydrogen) atoms. The minimum atomic E-state index is -3.50. The minimum Gasteiger partial charge on any atom is -0.487 e. The van der Waals surface area contributed by atoms with E-state index in [1.54, 1.807) is 15.1 Å². The highest BCUT2D eigenvalue weighted by Crippen LogP contribution is 2.30. The zero-order chi connectivity index (χ0) is 22.7. The lowest BCUT2D eigenvalue weighted by Gasteiger charge is -2.34. The van der Waals surface area contributed by atoms with Gasteiger partial charge in [-0.05, 0) is 73.9 Å². The molecule has 0 saturated carbocycles. The first-order chi connectivity index (χ1) is 16.1. The van der Waals surface area contributed by atoms with Gasteiger partial charge in [-0.1, -0.05) is 35.9 Å². The Balaban J connectivity index is 1.23. The Morgan fingerprint density at radius 3 is 2.73 bits per heavy atom. The number of hydrogen-bond donors (Lipinski definition) is 0. The van der Waals surface area contributed by atoms with Crippen LogP contribution in [0.1, 0.15) is 48.9 Å². The second-order valence-electron chi connectivity index (χ2n) is 8.91. The molecule has 5 rings (SSSR count). The summed E-state index contributed by atoms with van der Waals surface area (Å²) < 4.78 is 36.3. The molecule has 1 unspecified atom stereocenters. The smallest absolute Gasteiger partial charge is 0.243 e. The number of nitrogens with zero attached hydrogens (tertiary/aromatic N) is 4.